The summed E-state index contributed by atoms with van der Waals surface area (Å²) in [5.41, 5.74) is 0. The fourth-order valence-electron chi connectivity index (χ4n) is 0.391. The molecule has 0 unspecified atom stereocenters. The van der Waals surface area contributed by atoms with Crippen molar-refractivity contribution < 1.29 is 0 Å². The molecule has 0 aliphatic rings. The maximum absolute atomic E-state index is 5.64. The molecule has 4 heteroatoms. The van der Waals surface area contributed by atoms with Crippen molar-refractivity contribution in [3.8, 4) is 0 Å². The molecule has 0 saturated carbocycles. The summed E-state index contributed by atoms with van der Waals surface area (Å²) < 4.78 is 0.758. The smallest absolute Gasteiger partial charge is 0.130 e. The van der Waals surface area contributed by atoms with Crippen molar-refractivity contribution in [1.29, 1.82) is 0 Å². The first kappa shape index (κ1) is 11.2. The molecule has 0 aromatic carbocycles. The van der Waals surface area contributed by atoms with Crippen LogP contribution in [0.15, 0.2) is 16.7 Å². The van der Waals surface area contributed by atoms with Gasteiger partial charge in [-0.2, -0.15) is 0 Å². The lowest BCUT2D eigenvalue weighted by molar-refractivity contribution is 1.31. The lowest BCUT2D eigenvalue weighted by Crippen LogP contribution is -1.73. The third kappa shape index (κ3) is 3.94. The van der Waals surface area contributed by atoms with E-state index in [4.69, 9.17) is 23.2 Å². The SMILES string of the molecule is CC.Clc1cc(Cl)c(Br)cn1. The van der Waals surface area contributed by atoms with Crippen LogP contribution in [0.2, 0.25) is 10.2 Å². The van der Waals surface area contributed by atoms with Crippen molar-refractivity contribution in [3.63, 3.8) is 0 Å². The van der Waals surface area contributed by atoms with Crippen molar-refractivity contribution in [2.24, 2.45) is 0 Å². The predicted molar refractivity (Wildman–Crippen MR) is 53.3 cm³/mol. The molecule has 0 spiro atoms. The molecule has 0 bridgehead atoms. The zero-order valence-electron chi connectivity index (χ0n) is 6.24. The molecule has 0 aliphatic heterocycles. The van der Waals surface area contributed by atoms with Crippen LogP contribution in [-0.2, 0) is 0 Å². The summed E-state index contributed by atoms with van der Waals surface area (Å²) in [6.07, 6.45) is 1.56. The van der Waals surface area contributed by atoms with E-state index in [2.05, 4.69) is 20.9 Å². The second kappa shape index (κ2) is 5.81. The van der Waals surface area contributed by atoms with E-state index in [0.717, 1.165) is 4.47 Å². The Kier molecular flexibility index (Phi) is 5.92. The van der Waals surface area contributed by atoms with Gasteiger partial charge in [0, 0.05) is 6.20 Å². The van der Waals surface area contributed by atoms with Gasteiger partial charge < -0.3 is 0 Å². The molecule has 1 aromatic rings. The van der Waals surface area contributed by atoms with Gasteiger partial charge in [-0.05, 0) is 22.0 Å². The molecule has 0 fully saturated rings. The van der Waals surface area contributed by atoms with Crippen molar-refractivity contribution in [2.75, 3.05) is 0 Å². The average Bonchev–Trinajstić information content (AvgIpc) is 2.02. The Morgan fingerprint density at radius 1 is 1.36 bits per heavy atom. The average molecular weight is 257 g/mol. The molecule has 1 aromatic heterocycles. The van der Waals surface area contributed by atoms with Crippen LogP contribution < -0.4 is 0 Å². The van der Waals surface area contributed by atoms with E-state index in [1.165, 1.54) is 0 Å². The van der Waals surface area contributed by atoms with Gasteiger partial charge in [-0.25, -0.2) is 4.98 Å². The fourth-order valence-corrected chi connectivity index (χ4v) is 0.974. The lowest BCUT2D eigenvalue weighted by atomic mass is 10.5. The molecule has 1 rings (SSSR count). The van der Waals surface area contributed by atoms with Crippen LogP contribution in [0.3, 0.4) is 0 Å². The molecule has 0 saturated heterocycles. The Hall–Kier alpha value is 0.210. The molecular formula is C7H8BrCl2N. The number of pyridine rings is 1. The van der Waals surface area contributed by atoms with E-state index in [9.17, 15) is 0 Å². The van der Waals surface area contributed by atoms with Gasteiger partial charge in [0.2, 0.25) is 0 Å². The van der Waals surface area contributed by atoms with Crippen LogP contribution in [0.4, 0.5) is 0 Å². The first-order valence-electron chi connectivity index (χ1n) is 3.16. The number of hydrogen-bond acceptors (Lipinski definition) is 1. The maximum atomic E-state index is 5.64. The molecule has 1 nitrogen and oxygen atoms in total. The summed E-state index contributed by atoms with van der Waals surface area (Å²) in [4.78, 5) is 3.77. The highest BCUT2D eigenvalue weighted by Gasteiger charge is 1.95. The van der Waals surface area contributed by atoms with E-state index >= 15 is 0 Å². The quantitative estimate of drug-likeness (QED) is 0.635. The van der Waals surface area contributed by atoms with E-state index < -0.39 is 0 Å². The standard InChI is InChI=1S/C5H2BrCl2N.C2H6/c6-3-2-9-5(8)1-4(3)7;1-2/h1-2H;1-2H3. The van der Waals surface area contributed by atoms with Gasteiger partial charge in [0.25, 0.3) is 0 Å². The molecule has 0 atom stereocenters. The summed E-state index contributed by atoms with van der Waals surface area (Å²) in [7, 11) is 0. The van der Waals surface area contributed by atoms with Crippen LogP contribution >= 0.6 is 39.1 Å². The van der Waals surface area contributed by atoms with Gasteiger partial charge in [0.1, 0.15) is 5.15 Å². The zero-order valence-corrected chi connectivity index (χ0v) is 9.33. The van der Waals surface area contributed by atoms with Crippen molar-refractivity contribution in [1.82, 2.24) is 4.98 Å². The normalized spacial score (nSPS) is 8.45. The summed E-state index contributed by atoms with van der Waals surface area (Å²) in [5, 5.41) is 0.984. The number of halogens is 3. The van der Waals surface area contributed by atoms with Crippen LogP contribution in [0, 0.1) is 0 Å². The Morgan fingerprint density at radius 2 is 1.91 bits per heavy atom. The van der Waals surface area contributed by atoms with Crippen LogP contribution in [0.25, 0.3) is 0 Å². The minimum absolute atomic E-state index is 0.406. The lowest BCUT2D eigenvalue weighted by Gasteiger charge is -1.92. The van der Waals surface area contributed by atoms with E-state index in [0.29, 0.717) is 10.2 Å². The summed E-state index contributed by atoms with van der Waals surface area (Å²) >= 11 is 14.3. The Morgan fingerprint density at radius 3 is 2.27 bits per heavy atom. The molecule has 0 radical (unpaired) electrons. The maximum Gasteiger partial charge on any atom is 0.130 e. The summed E-state index contributed by atoms with van der Waals surface area (Å²) in [6.45, 7) is 4.00. The predicted octanol–water partition coefficient (Wildman–Crippen LogP) is 4.18. The number of hydrogen-bond donors (Lipinski definition) is 0. The van der Waals surface area contributed by atoms with Crippen molar-refractivity contribution in [2.45, 2.75) is 13.8 Å². The van der Waals surface area contributed by atoms with E-state index in [1.807, 2.05) is 13.8 Å². The highest BCUT2D eigenvalue weighted by atomic mass is 79.9. The van der Waals surface area contributed by atoms with Gasteiger partial charge >= 0.3 is 0 Å². The van der Waals surface area contributed by atoms with Gasteiger partial charge in [0.15, 0.2) is 0 Å². The van der Waals surface area contributed by atoms with Crippen LogP contribution in [0.5, 0.6) is 0 Å². The van der Waals surface area contributed by atoms with Gasteiger partial charge in [-0.15, -0.1) is 0 Å². The second-order valence-electron chi connectivity index (χ2n) is 1.42. The van der Waals surface area contributed by atoms with E-state index in [1.54, 1.807) is 12.3 Å². The molecule has 11 heavy (non-hydrogen) atoms. The number of rotatable bonds is 0. The Bertz CT molecular complexity index is 228. The largest absolute Gasteiger partial charge is 0.243 e. The zero-order chi connectivity index (χ0) is 8.85. The Labute approximate surface area is 84.9 Å². The van der Waals surface area contributed by atoms with Crippen molar-refractivity contribution in [3.05, 3.63) is 26.9 Å². The molecule has 1 heterocycles. The minimum atomic E-state index is 0.406. The molecular weight excluding hydrogens is 249 g/mol. The Balaban J connectivity index is 0.000000461. The summed E-state index contributed by atoms with van der Waals surface area (Å²) in [6, 6.07) is 1.58. The highest BCUT2D eigenvalue weighted by Crippen LogP contribution is 2.22. The van der Waals surface area contributed by atoms with Crippen molar-refractivity contribution >= 4 is 39.1 Å². The van der Waals surface area contributed by atoms with Gasteiger partial charge in [-0.1, -0.05) is 37.0 Å². The second-order valence-corrected chi connectivity index (χ2v) is 3.07. The first-order valence-corrected chi connectivity index (χ1v) is 4.71. The summed E-state index contributed by atoms with van der Waals surface area (Å²) in [5.74, 6) is 0. The third-order valence-corrected chi connectivity index (χ3v) is 2.15. The van der Waals surface area contributed by atoms with Gasteiger partial charge in [-0.3, -0.25) is 0 Å². The number of nitrogens with zero attached hydrogens (tertiary/aromatic N) is 1. The fraction of sp³-hybridized carbons (Fsp3) is 0.286. The van der Waals surface area contributed by atoms with E-state index in [-0.39, 0.29) is 0 Å². The molecule has 0 aliphatic carbocycles. The molecule has 62 valence electrons. The molecule has 0 amide bonds. The van der Waals surface area contributed by atoms with Crippen LogP contribution in [-0.4, -0.2) is 4.98 Å². The first-order chi connectivity index (χ1) is 5.20. The van der Waals surface area contributed by atoms with Crippen LogP contribution in [0.1, 0.15) is 13.8 Å². The third-order valence-electron chi connectivity index (χ3n) is 0.775. The number of aromatic nitrogens is 1. The minimum Gasteiger partial charge on any atom is -0.243 e. The monoisotopic (exact) mass is 255 g/mol. The highest BCUT2D eigenvalue weighted by molar-refractivity contribution is 9.10. The topological polar surface area (TPSA) is 12.9 Å². The van der Waals surface area contributed by atoms with Gasteiger partial charge in [0.05, 0.1) is 9.50 Å². The molecule has 0 N–H and O–H groups in total.